The second-order valence-corrected chi connectivity index (χ2v) is 5.41. The normalized spacial score (nSPS) is 10.6. The molecule has 1 heterocycles. The summed E-state index contributed by atoms with van der Waals surface area (Å²) in [4.78, 5) is 16.1. The van der Waals surface area contributed by atoms with Crippen molar-refractivity contribution in [3.63, 3.8) is 0 Å². The molecule has 0 saturated heterocycles. The Morgan fingerprint density at radius 2 is 2.14 bits per heavy atom. The Morgan fingerprint density at radius 3 is 2.77 bits per heavy atom. The predicted molar refractivity (Wildman–Crippen MR) is 82.6 cm³/mol. The first-order valence-corrected chi connectivity index (χ1v) is 7.18. The van der Waals surface area contributed by atoms with Gasteiger partial charge in [-0.1, -0.05) is 17.7 Å². The molecule has 0 aliphatic heterocycles. The van der Waals surface area contributed by atoms with Gasteiger partial charge in [-0.15, -0.1) is 0 Å². The highest BCUT2D eigenvalue weighted by Gasteiger charge is 2.12. The molecule has 0 radical (unpaired) electrons. The second-order valence-electron chi connectivity index (χ2n) is 4.98. The Bertz CT molecular complexity index is 660. The highest BCUT2D eigenvalue weighted by molar-refractivity contribution is 6.30. The van der Waals surface area contributed by atoms with Gasteiger partial charge in [0.2, 0.25) is 5.88 Å². The van der Waals surface area contributed by atoms with Gasteiger partial charge in [-0.3, -0.25) is 4.79 Å². The highest BCUT2D eigenvalue weighted by atomic mass is 35.5. The Hall–Kier alpha value is -2.14. The van der Waals surface area contributed by atoms with Gasteiger partial charge in [0.05, 0.1) is 11.7 Å². The van der Waals surface area contributed by atoms with Crippen molar-refractivity contribution < 1.29 is 13.9 Å². The second kappa shape index (κ2) is 7.22. The summed E-state index contributed by atoms with van der Waals surface area (Å²) < 4.78 is 19.0. The zero-order valence-electron chi connectivity index (χ0n) is 12.3. The first-order chi connectivity index (χ1) is 10.5. The van der Waals surface area contributed by atoms with Gasteiger partial charge in [-0.25, -0.2) is 9.37 Å². The first kappa shape index (κ1) is 16.2. The van der Waals surface area contributed by atoms with E-state index in [0.717, 1.165) is 11.6 Å². The number of amides is 1. The Labute approximate surface area is 133 Å². The summed E-state index contributed by atoms with van der Waals surface area (Å²) >= 11 is 5.77. The van der Waals surface area contributed by atoms with Crippen molar-refractivity contribution in [2.45, 2.75) is 26.5 Å². The van der Waals surface area contributed by atoms with Crippen molar-refractivity contribution >= 4 is 17.5 Å². The van der Waals surface area contributed by atoms with Gasteiger partial charge in [-0.2, -0.15) is 0 Å². The number of carbonyl (C=O) groups excluding carboxylic acids is 1. The third-order valence-corrected chi connectivity index (χ3v) is 3.02. The SMILES string of the molecule is CC(C)Oc1ccc(CNC(=O)c2cc(Cl)ccc2F)cn1. The van der Waals surface area contributed by atoms with Crippen molar-refractivity contribution in [3.8, 4) is 5.88 Å². The van der Waals surface area contributed by atoms with Crippen LogP contribution >= 0.6 is 11.6 Å². The van der Waals surface area contributed by atoms with Crippen LogP contribution < -0.4 is 10.1 Å². The van der Waals surface area contributed by atoms with E-state index in [1.165, 1.54) is 12.1 Å². The maximum Gasteiger partial charge on any atom is 0.254 e. The largest absolute Gasteiger partial charge is 0.475 e. The van der Waals surface area contributed by atoms with Crippen LogP contribution in [-0.2, 0) is 6.54 Å². The maximum absolute atomic E-state index is 13.6. The molecule has 1 aromatic carbocycles. The fraction of sp³-hybridized carbons (Fsp3) is 0.250. The average Bonchev–Trinajstić information content (AvgIpc) is 2.48. The van der Waals surface area contributed by atoms with Gasteiger partial charge in [0.1, 0.15) is 5.82 Å². The lowest BCUT2D eigenvalue weighted by Crippen LogP contribution is -2.24. The Kier molecular flexibility index (Phi) is 5.33. The van der Waals surface area contributed by atoms with E-state index >= 15 is 0 Å². The van der Waals surface area contributed by atoms with Crippen LogP contribution in [0.25, 0.3) is 0 Å². The fourth-order valence-corrected chi connectivity index (χ4v) is 1.95. The Balaban J connectivity index is 1.97. The number of halogens is 2. The molecular formula is C16H16ClFN2O2. The van der Waals surface area contributed by atoms with Crippen molar-refractivity contribution in [2.75, 3.05) is 0 Å². The van der Waals surface area contributed by atoms with Crippen LogP contribution in [0.1, 0.15) is 29.8 Å². The predicted octanol–water partition coefficient (Wildman–Crippen LogP) is 3.59. The van der Waals surface area contributed by atoms with E-state index in [4.69, 9.17) is 16.3 Å². The molecule has 0 atom stereocenters. The van der Waals surface area contributed by atoms with Crippen LogP contribution in [-0.4, -0.2) is 17.0 Å². The zero-order valence-corrected chi connectivity index (χ0v) is 13.0. The molecular weight excluding hydrogens is 307 g/mol. The molecule has 2 rings (SSSR count). The maximum atomic E-state index is 13.6. The molecule has 0 spiro atoms. The number of aromatic nitrogens is 1. The van der Waals surface area contributed by atoms with Gasteiger partial charge in [0, 0.05) is 23.8 Å². The van der Waals surface area contributed by atoms with Crippen LogP contribution in [0.2, 0.25) is 5.02 Å². The number of nitrogens with zero attached hydrogens (tertiary/aromatic N) is 1. The molecule has 0 aliphatic carbocycles. The number of benzene rings is 1. The minimum atomic E-state index is -0.610. The van der Waals surface area contributed by atoms with E-state index in [1.807, 2.05) is 13.8 Å². The van der Waals surface area contributed by atoms with Gasteiger partial charge in [-0.05, 0) is 37.6 Å². The summed E-state index contributed by atoms with van der Waals surface area (Å²) in [6, 6.07) is 7.37. The van der Waals surface area contributed by atoms with E-state index in [-0.39, 0.29) is 18.2 Å². The van der Waals surface area contributed by atoms with Gasteiger partial charge in [0.15, 0.2) is 0 Å². The van der Waals surface area contributed by atoms with E-state index < -0.39 is 11.7 Å². The number of carbonyl (C=O) groups is 1. The minimum Gasteiger partial charge on any atom is -0.475 e. The highest BCUT2D eigenvalue weighted by Crippen LogP contribution is 2.15. The molecule has 1 N–H and O–H groups in total. The van der Waals surface area contributed by atoms with Crippen molar-refractivity contribution in [1.29, 1.82) is 0 Å². The van der Waals surface area contributed by atoms with E-state index in [1.54, 1.807) is 18.3 Å². The number of nitrogens with one attached hydrogen (secondary N) is 1. The summed E-state index contributed by atoms with van der Waals surface area (Å²) in [6.45, 7) is 4.06. The lowest BCUT2D eigenvalue weighted by atomic mass is 10.2. The molecule has 1 aromatic heterocycles. The number of rotatable bonds is 5. The smallest absolute Gasteiger partial charge is 0.254 e. The van der Waals surface area contributed by atoms with Crippen LogP contribution in [0.15, 0.2) is 36.5 Å². The minimum absolute atomic E-state index is 0.0452. The fourth-order valence-electron chi connectivity index (χ4n) is 1.78. The molecule has 0 saturated carbocycles. The summed E-state index contributed by atoms with van der Waals surface area (Å²) in [5.74, 6) is -0.617. The monoisotopic (exact) mass is 322 g/mol. The molecule has 6 heteroatoms. The van der Waals surface area contributed by atoms with Gasteiger partial charge >= 0.3 is 0 Å². The lowest BCUT2D eigenvalue weighted by Gasteiger charge is -2.09. The zero-order chi connectivity index (χ0) is 16.1. The third kappa shape index (κ3) is 4.43. The van der Waals surface area contributed by atoms with Gasteiger partial charge in [0.25, 0.3) is 5.91 Å². The first-order valence-electron chi connectivity index (χ1n) is 6.80. The van der Waals surface area contributed by atoms with Crippen LogP contribution in [0.4, 0.5) is 4.39 Å². The molecule has 1 amide bonds. The van der Waals surface area contributed by atoms with Crippen molar-refractivity contribution in [1.82, 2.24) is 10.3 Å². The summed E-state index contributed by atoms with van der Waals surface area (Å²) in [7, 11) is 0. The molecule has 0 bridgehead atoms. The third-order valence-electron chi connectivity index (χ3n) is 2.78. The van der Waals surface area contributed by atoms with E-state index in [2.05, 4.69) is 10.3 Å². The average molecular weight is 323 g/mol. The summed E-state index contributed by atoms with van der Waals surface area (Å²) in [5, 5.41) is 2.93. The number of hydrogen-bond donors (Lipinski definition) is 1. The quantitative estimate of drug-likeness (QED) is 0.915. The number of ether oxygens (including phenoxy) is 1. The summed E-state index contributed by atoms with van der Waals surface area (Å²) in [6.07, 6.45) is 1.65. The van der Waals surface area contributed by atoms with E-state index in [0.29, 0.717) is 10.9 Å². The van der Waals surface area contributed by atoms with Gasteiger partial charge < -0.3 is 10.1 Å². The molecule has 4 nitrogen and oxygen atoms in total. The van der Waals surface area contributed by atoms with Crippen LogP contribution in [0.3, 0.4) is 0 Å². The van der Waals surface area contributed by atoms with Crippen molar-refractivity contribution in [3.05, 3.63) is 58.5 Å². The van der Waals surface area contributed by atoms with Crippen molar-refractivity contribution in [2.24, 2.45) is 0 Å². The van der Waals surface area contributed by atoms with Crippen LogP contribution in [0.5, 0.6) is 5.88 Å². The van der Waals surface area contributed by atoms with E-state index in [9.17, 15) is 9.18 Å². The molecule has 116 valence electrons. The summed E-state index contributed by atoms with van der Waals surface area (Å²) in [5.41, 5.74) is 0.701. The molecule has 0 fully saturated rings. The molecule has 0 unspecified atom stereocenters. The molecule has 2 aromatic rings. The number of hydrogen-bond acceptors (Lipinski definition) is 3. The Morgan fingerprint density at radius 1 is 1.36 bits per heavy atom. The number of pyridine rings is 1. The topological polar surface area (TPSA) is 51.2 Å². The molecule has 0 aliphatic rings. The lowest BCUT2D eigenvalue weighted by molar-refractivity contribution is 0.0947. The standard InChI is InChI=1S/C16H16ClFN2O2/c1-10(2)22-15-6-3-11(8-19-15)9-20-16(21)13-7-12(17)4-5-14(13)18/h3-8,10H,9H2,1-2H3,(H,20,21). The molecule has 22 heavy (non-hydrogen) atoms. The van der Waals surface area contributed by atoms with Crippen LogP contribution in [0, 0.1) is 5.82 Å².